The van der Waals surface area contributed by atoms with E-state index in [4.69, 9.17) is 16.3 Å². The van der Waals surface area contributed by atoms with Crippen molar-refractivity contribution in [2.24, 2.45) is 0 Å². The van der Waals surface area contributed by atoms with Gasteiger partial charge >= 0.3 is 5.97 Å². The maximum Gasteiger partial charge on any atom is 0.313 e. The Hall–Kier alpha value is -2.86. The van der Waals surface area contributed by atoms with Gasteiger partial charge in [-0.15, -0.1) is 0 Å². The second-order valence-corrected chi connectivity index (χ2v) is 7.58. The lowest BCUT2D eigenvalue weighted by atomic mass is 9.97. The van der Waals surface area contributed by atoms with Crippen LogP contribution in [0.5, 0.6) is 5.75 Å². The van der Waals surface area contributed by atoms with Crippen LogP contribution < -0.4 is 0 Å². The first-order valence-corrected chi connectivity index (χ1v) is 9.54. The molecule has 0 aliphatic heterocycles. The summed E-state index contributed by atoms with van der Waals surface area (Å²) in [5.74, 6) is -3.21. The fraction of sp³-hybridized carbons (Fsp3) is 0.273. The van der Waals surface area contributed by atoms with Gasteiger partial charge in [0.15, 0.2) is 11.6 Å². The summed E-state index contributed by atoms with van der Waals surface area (Å²) in [6, 6.07) is 8.96. The third-order valence-corrected chi connectivity index (χ3v) is 5.02. The topological polar surface area (TPSA) is 68.5 Å². The van der Waals surface area contributed by atoms with Gasteiger partial charge in [-0.25, -0.2) is 4.39 Å². The summed E-state index contributed by atoms with van der Waals surface area (Å²) in [7, 11) is 0. The van der Waals surface area contributed by atoms with E-state index in [1.54, 1.807) is 52.0 Å². The molecule has 1 aromatic heterocycles. The molecule has 0 saturated heterocycles. The lowest BCUT2D eigenvalue weighted by Gasteiger charge is -2.15. The number of phenolic OH excluding ortho intramolecular Hbond substituents is 1. The molecule has 5 nitrogen and oxygen atoms in total. The van der Waals surface area contributed by atoms with Crippen molar-refractivity contribution in [2.75, 3.05) is 0 Å². The van der Waals surface area contributed by atoms with Crippen LogP contribution in [0.3, 0.4) is 0 Å². The summed E-state index contributed by atoms with van der Waals surface area (Å²) in [6.07, 6.45) is -0.340. The van der Waals surface area contributed by atoms with Crippen LogP contribution in [-0.4, -0.2) is 27.7 Å². The van der Waals surface area contributed by atoms with Crippen molar-refractivity contribution in [3.05, 3.63) is 64.1 Å². The number of esters is 1. The summed E-state index contributed by atoms with van der Waals surface area (Å²) in [6.45, 7) is 6.67. The first kappa shape index (κ1) is 20.9. The van der Waals surface area contributed by atoms with Crippen molar-refractivity contribution < 1.29 is 23.8 Å². The molecule has 0 aliphatic carbocycles. The minimum absolute atomic E-state index is 0.0259. The van der Waals surface area contributed by atoms with E-state index in [9.17, 15) is 19.1 Å². The predicted octanol–water partition coefficient (Wildman–Crippen LogP) is 5.19. The number of rotatable bonds is 4. The number of phenols is 1. The van der Waals surface area contributed by atoms with Gasteiger partial charge in [-0.05, 0) is 69.7 Å². The lowest BCUT2D eigenvalue weighted by molar-refractivity contribution is -0.148. The third-order valence-electron chi connectivity index (χ3n) is 4.77. The molecule has 1 atom stereocenters. The highest BCUT2D eigenvalue weighted by Gasteiger charge is 2.30. The quantitative estimate of drug-likeness (QED) is 0.593. The number of carbonyl (C=O) groups is 2. The summed E-state index contributed by atoms with van der Waals surface area (Å²) < 4.78 is 21.5. The Labute approximate surface area is 172 Å². The Kier molecular flexibility index (Phi) is 5.66. The van der Waals surface area contributed by atoms with E-state index in [1.165, 1.54) is 16.7 Å². The van der Waals surface area contributed by atoms with Gasteiger partial charge in [-0.2, -0.15) is 0 Å². The van der Waals surface area contributed by atoms with Gasteiger partial charge < -0.3 is 9.84 Å². The van der Waals surface area contributed by atoms with Gasteiger partial charge in [-0.3, -0.25) is 14.2 Å². The van der Waals surface area contributed by atoms with Gasteiger partial charge in [-0.1, -0.05) is 11.6 Å². The fourth-order valence-corrected chi connectivity index (χ4v) is 3.57. The average Bonchev–Trinajstić information content (AvgIpc) is 2.96. The number of benzene rings is 2. The van der Waals surface area contributed by atoms with Crippen molar-refractivity contribution in [3.63, 3.8) is 0 Å². The highest BCUT2D eigenvalue weighted by molar-refractivity contribution is 6.30. The number of halogens is 2. The van der Waals surface area contributed by atoms with Gasteiger partial charge in [0, 0.05) is 21.7 Å². The number of ether oxygens (including phenoxy) is 1. The van der Waals surface area contributed by atoms with Crippen LogP contribution in [0.2, 0.25) is 5.02 Å². The first-order valence-electron chi connectivity index (χ1n) is 9.16. The Morgan fingerprint density at radius 2 is 1.72 bits per heavy atom. The van der Waals surface area contributed by atoms with Crippen molar-refractivity contribution in [1.82, 2.24) is 4.57 Å². The van der Waals surface area contributed by atoms with Crippen molar-refractivity contribution in [3.8, 4) is 5.75 Å². The normalized spacial score (nSPS) is 12.4. The number of nitrogens with zero attached hydrogens (tertiary/aromatic N) is 1. The van der Waals surface area contributed by atoms with Crippen molar-refractivity contribution in [2.45, 2.75) is 39.7 Å². The summed E-state index contributed by atoms with van der Waals surface area (Å²) in [5.41, 5.74) is 1.32. The van der Waals surface area contributed by atoms with Gasteiger partial charge in [0.25, 0.3) is 5.91 Å². The summed E-state index contributed by atoms with van der Waals surface area (Å²) in [4.78, 5) is 25.7. The number of aromatic hydroxyl groups is 1. The first-order chi connectivity index (χ1) is 13.6. The average molecular weight is 418 g/mol. The lowest BCUT2D eigenvalue weighted by Crippen LogP contribution is -2.19. The molecule has 7 heteroatoms. The number of carbonyl (C=O) groups excluding carboxylic acids is 2. The van der Waals surface area contributed by atoms with Gasteiger partial charge in [0.2, 0.25) is 0 Å². The maximum atomic E-state index is 14.9. The molecule has 0 aliphatic rings. The molecule has 0 spiro atoms. The van der Waals surface area contributed by atoms with Crippen LogP contribution in [0.25, 0.3) is 10.9 Å². The Morgan fingerprint density at radius 3 is 2.31 bits per heavy atom. The Morgan fingerprint density at radius 1 is 1.10 bits per heavy atom. The standard InChI is InChI=1S/C22H21ClFNO4/c1-11(2)29-22(28)12(3)18-13(4)25(16-9-10-17(26)20(24)19(16)18)21(27)14-5-7-15(23)8-6-14/h5-12,26H,1-4H3. The molecule has 3 aromatic rings. The summed E-state index contributed by atoms with van der Waals surface area (Å²) in [5, 5.41) is 10.4. The van der Waals surface area contributed by atoms with Crippen LogP contribution in [0.15, 0.2) is 36.4 Å². The minimum Gasteiger partial charge on any atom is -0.505 e. The molecule has 0 amide bonds. The van der Waals surface area contributed by atoms with Crippen LogP contribution in [0.4, 0.5) is 4.39 Å². The van der Waals surface area contributed by atoms with Crippen molar-refractivity contribution in [1.29, 1.82) is 0 Å². The predicted molar refractivity (Wildman–Crippen MR) is 109 cm³/mol. The molecule has 152 valence electrons. The zero-order valence-corrected chi connectivity index (χ0v) is 17.2. The van der Waals surface area contributed by atoms with E-state index in [-0.39, 0.29) is 17.0 Å². The zero-order chi connectivity index (χ0) is 21.5. The zero-order valence-electron chi connectivity index (χ0n) is 16.5. The Bertz CT molecular complexity index is 1100. The molecule has 2 aromatic carbocycles. The molecular weight excluding hydrogens is 397 g/mol. The maximum absolute atomic E-state index is 14.9. The fourth-order valence-electron chi connectivity index (χ4n) is 3.44. The number of aromatic nitrogens is 1. The van der Waals surface area contributed by atoms with Crippen LogP contribution in [-0.2, 0) is 9.53 Å². The second-order valence-electron chi connectivity index (χ2n) is 7.15. The molecule has 29 heavy (non-hydrogen) atoms. The molecule has 0 fully saturated rings. The molecular formula is C22H21ClFNO4. The number of fused-ring (bicyclic) bond motifs is 1. The van der Waals surface area contributed by atoms with Gasteiger partial charge in [0.05, 0.1) is 17.5 Å². The molecule has 0 radical (unpaired) electrons. The number of hydrogen-bond acceptors (Lipinski definition) is 4. The third kappa shape index (κ3) is 3.72. The molecule has 1 N–H and O–H groups in total. The summed E-state index contributed by atoms with van der Waals surface area (Å²) >= 11 is 5.90. The van der Waals surface area contributed by atoms with Gasteiger partial charge in [0.1, 0.15) is 0 Å². The SMILES string of the molecule is Cc1c(C(C)C(=O)OC(C)C)c2c(F)c(O)ccc2n1C(=O)c1ccc(Cl)cc1. The highest BCUT2D eigenvalue weighted by Crippen LogP contribution is 2.37. The van der Waals surface area contributed by atoms with E-state index in [0.717, 1.165) is 0 Å². The molecule has 0 bridgehead atoms. The smallest absolute Gasteiger partial charge is 0.313 e. The van der Waals surface area contributed by atoms with E-state index >= 15 is 0 Å². The van der Waals surface area contributed by atoms with E-state index in [1.807, 2.05) is 0 Å². The second kappa shape index (κ2) is 7.87. The van der Waals surface area contributed by atoms with E-state index < -0.39 is 29.4 Å². The van der Waals surface area contributed by atoms with Crippen molar-refractivity contribution >= 4 is 34.4 Å². The molecule has 0 saturated carbocycles. The monoisotopic (exact) mass is 417 g/mol. The molecule has 3 rings (SSSR count). The van der Waals surface area contributed by atoms with Crippen LogP contribution in [0, 0.1) is 12.7 Å². The molecule has 1 unspecified atom stereocenters. The Balaban J connectivity index is 2.26. The molecule has 1 heterocycles. The van der Waals surface area contributed by atoms with Crippen LogP contribution >= 0.6 is 11.6 Å². The highest BCUT2D eigenvalue weighted by atomic mass is 35.5. The minimum atomic E-state index is -0.882. The van der Waals surface area contributed by atoms with E-state index in [2.05, 4.69) is 0 Å². The van der Waals surface area contributed by atoms with Crippen LogP contribution in [0.1, 0.15) is 48.3 Å². The number of hydrogen-bond donors (Lipinski definition) is 1. The largest absolute Gasteiger partial charge is 0.505 e. The van der Waals surface area contributed by atoms with E-state index in [0.29, 0.717) is 21.8 Å².